The quantitative estimate of drug-likeness (QED) is 0.541. The third-order valence-electron chi connectivity index (χ3n) is 3.37. The van der Waals surface area contributed by atoms with Crippen LogP contribution in [0.1, 0.15) is 11.4 Å². The standard InChI is InChI=1S/C17H12N2S/c1-2-6-12(7-3-1)10-16-18-11-15-17(19-16)13-8-4-5-9-14(13)20-15/h1-9,11H,10H2. The second kappa shape index (κ2) is 4.69. The zero-order valence-corrected chi connectivity index (χ0v) is 11.6. The molecule has 20 heavy (non-hydrogen) atoms. The van der Waals surface area contributed by atoms with Crippen molar-refractivity contribution in [1.82, 2.24) is 9.97 Å². The van der Waals surface area contributed by atoms with E-state index < -0.39 is 0 Å². The number of benzene rings is 2. The molecule has 0 bridgehead atoms. The van der Waals surface area contributed by atoms with Crippen molar-refractivity contribution in [2.75, 3.05) is 0 Å². The summed E-state index contributed by atoms with van der Waals surface area (Å²) in [6.45, 7) is 0. The summed E-state index contributed by atoms with van der Waals surface area (Å²) in [5.74, 6) is 0.882. The Kier molecular flexibility index (Phi) is 2.71. The highest BCUT2D eigenvalue weighted by Gasteiger charge is 2.08. The summed E-state index contributed by atoms with van der Waals surface area (Å²) in [6, 6.07) is 18.7. The molecular weight excluding hydrogens is 264 g/mol. The topological polar surface area (TPSA) is 25.8 Å². The van der Waals surface area contributed by atoms with E-state index in [9.17, 15) is 0 Å². The van der Waals surface area contributed by atoms with E-state index in [0.29, 0.717) is 0 Å². The smallest absolute Gasteiger partial charge is 0.133 e. The number of thiophene rings is 1. The van der Waals surface area contributed by atoms with Gasteiger partial charge in [0.05, 0.1) is 10.2 Å². The Morgan fingerprint density at radius 1 is 0.850 bits per heavy atom. The van der Waals surface area contributed by atoms with Crippen LogP contribution in [0.3, 0.4) is 0 Å². The number of hydrogen-bond donors (Lipinski definition) is 0. The lowest BCUT2D eigenvalue weighted by molar-refractivity contribution is 0.996. The molecular formula is C17H12N2S. The van der Waals surface area contributed by atoms with Crippen LogP contribution >= 0.6 is 11.3 Å². The third kappa shape index (κ3) is 1.96. The van der Waals surface area contributed by atoms with Crippen LogP contribution in [0.15, 0.2) is 60.8 Å². The average Bonchev–Trinajstić information content (AvgIpc) is 2.86. The highest BCUT2D eigenvalue weighted by atomic mass is 32.1. The van der Waals surface area contributed by atoms with E-state index in [0.717, 1.165) is 22.5 Å². The Hall–Kier alpha value is -2.26. The Balaban J connectivity index is 1.83. The second-order valence-corrected chi connectivity index (χ2v) is 5.84. The molecule has 0 aliphatic carbocycles. The summed E-state index contributed by atoms with van der Waals surface area (Å²) >= 11 is 1.75. The largest absolute Gasteiger partial charge is 0.239 e. The average molecular weight is 276 g/mol. The molecule has 0 aliphatic rings. The van der Waals surface area contributed by atoms with Crippen molar-refractivity contribution < 1.29 is 0 Å². The van der Waals surface area contributed by atoms with Crippen LogP contribution in [0.2, 0.25) is 0 Å². The lowest BCUT2D eigenvalue weighted by atomic mass is 10.1. The van der Waals surface area contributed by atoms with Gasteiger partial charge in [0.2, 0.25) is 0 Å². The molecule has 0 fully saturated rings. The lowest BCUT2D eigenvalue weighted by Gasteiger charge is -2.00. The van der Waals surface area contributed by atoms with Crippen molar-refractivity contribution in [2.24, 2.45) is 0 Å². The number of fused-ring (bicyclic) bond motifs is 3. The highest BCUT2D eigenvalue weighted by Crippen LogP contribution is 2.31. The van der Waals surface area contributed by atoms with Gasteiger partial charge < -0.3 is 0 Å². The van der Waals surface area contributed by atoms with Crippen molar-refractivity contribution in [3.63, 3.8) is 0 Å². The first kappa shape index (κ1) is 11.6. The molecule has 0 radical (unpaired) electrons. The maximum Gasteiger partial charge on any atom is 0.133 e. The zero-order valence-electron chi connectivity index (χ0n) is 10.8. The summed E-state index contributed by atoms with van der Waals surface area (Å²) in [7, 11) is 0. The van der Waals surface area contributed by atoms with Crippen molar-refractivity contribution in [2.45, 2.75) is 6.42 Å². The molecule has 2 heterocycles. The first-order chi connectivity index (χ1) is 9.90. The van der Waals surface area contributed by atoms with Gasteiger partial charge in [-0.25, -0.2) is 9.97 Å². The van der Waals surface area contributed by atoms with Crippen LogP contribution in [0.25, 0.3) is 20.3 Å². The number of rotatable bonds is 2. The molecule has 4 rings (SSSR count). The Labute approximate surface area is 120 Å². The molecule has 2 aromatic heterocycles. The minimum absolute atomic E-state index is 0.779. The number of nitrogens with zero attached hydrogens (tertiary/aromatic N) is 2. The summed E-state index contributed by atoms with van der Waals surface area (Å²) < 4.78 is 2.43. The van der Waals surface area contributed by atoms with Gasteiger partial charge in [-0.1, -0.05) is 48.5 Å². The maximum atomic E-state index is 4.76. The van der Waals surface area contributed by atoms with E-state index in [4.69, 9.17) is 4.98 Å². The Bertz CT molecular complexity index is 881. The van der Waals surface area contributed by atoms with Gasteiger partial charge in [-0.05, 0) is 11.6 Å². The molecule has 0 N–H and O–H groups in total. The van der Waals surface area contributed by atoms with Crippen molar-refractivity contribution in [3.05, 3.63) is 72.2 Å². The SMILES string of the molecule is c1ccc(Cc2ncc3sc4ccccc4c3n2)cc1. The van der Waals surface area contributed by atoms with Gasteiger partial charge in [0.1, 0.15) is 5.82 Å². The van der Waals surface area contributed by atoms with Gasteiger partial charge in [0.25, 0.3) is 0 Å². The molecule has 0 saturated carbocycles. The summed E-state index contributed by atoms with van der Waals surface area (Å²) in [4.78, 5) is 9.25. The molecule has 2 aromatic carbocycles. The summed E-state index contributed by atoms with van der Waals surface area (Å²) in [5, 5.41) is 1.23. The molecule has 0 aliphatic heterocycles. The molecule has 0 amide bonds. The van der Waals surface area contributed by atoms with Crippen molar-refractivity contribution in [1.29, 1.82) is 0 Å². The van der Waals surface area contributed by atoms with E-state index in [2.05, 4.69) is 41.4 Å². The second-order valence-electron chi connectivity index (χ2n) is 4.76. The molecule has 2 nitrogen and oxygen atoms in total. The van der Waals surface area contributed by atoms with E-state index in [1.54, 1.807) is 11.3 Å². The van der Waals surface area contributed by atoms with Crippen LogP contribution in [-0.2, 0) is 6.42 Å². The summed E-state index contributed by atoms with van der Waals surface area (Å²) in [5.41, 5.74) is 2.32. The van der Waals surface area contributed by atoms with Crippen LogP contribution < -0.4 is 0 Å². The molecule has 96 valence electrons. The minimum Gasteiger partial charge on any atom is -0.239 e. The first-order valence-corrected chi connectivity index (χ1v) is 7.39. The van der Waals surface area contributed by atoms with Crippen molar-refractivity contribution >= 4 is 31.6 Å². The maximum absolute atomic E-state index is 4.76. The predicted octanol–water partition coefficient (Wildman–Crippen LogP) is 4.44. The monoisotopic (exact) mass is 276 g/mol. The normalized spacial score (nSPS) is 11.2. The predicted molar refractivity (Wildman–Crippen MR) is 84.2 cm³/mol. The van der Waals surface area contributed by atoms with Gasteiger partial charge in [-0.15, -0.1) is 11.3 Å². The molecule has 0 spiro atoms. The fourth-order valence-corrected chi connectivity index (χ4v) is 3.42. The molecule has 0 saturated heterocycles. The fraction of sp³-hybridized carbons (Fsp3) is 0.0588. The van der Waals surface area contributed by atoms with E-state index in [1.165, 1.54) is 15.6 Å². The summed E-state index contributed by atoms with van der Waals surface area (Å²) in [6.07, 6.45) is 2.73. The first-order valence-electron chi connectivity index (χ1n) is 6.57. The molecule has 4 aromatic rings. The van der Waals surface area contributed by atoms with Crippen LogP contribution in [0, 0.1) is 0 Å². The van der Waals surface area contributed by atoms with Crippen LogP contribution in [0.5, 0.6) is 0 Å². The van der Waals surface area contributed by atoms with E-state index >= 15 is 0 Å². The molecule has 0 unspecified atom stereocenters. The third-order valence-corrected chi connectivity index (χ3v) is 4.47. The van der Waals surface area contributed by atoms with E-state index in [1.807, 2.05) is 24.4 Å². The van der Waals surface area contributed by atoms with Gasteiger partial charge in [-0.2, -0.15) is 0 Å². The van der Waals surface area contributed by atoms with Gasteiger partial charge in [-0.3, -0.25) is 0 Å². The molecule has 3 heteroatoms. The lowest BCUT2D eigenvalue weighted by Crippen LogP contribution is -1.95. The number of hydrogen-bond acceptors (Lipinski definition) is 3. The highest BCUT2D eigenvalue weighted by molar-refractivity contribution is 7.25. The van der Waals surface area contributed by atoms with Crippen LogP contribution in [-0.4, -0.2) is 9.97 Å². The van der Waals surface area contributed by atoms with Crippen molar-refractivity contribution in [3.8, 4) is 0 Å². The van der Waals surface area contributed by atoms with Gasteiger partial charge >= 0.3 is 0 Å². The Morgan fingerprint density at radius 2 is 1.65 bits per heavy atom. The van der Waals surface area contributed by atoms with Crippen LogP contribution in [0.4, 0.5) is 0 Å². The fourth-order valence-electron chi connectivity index (χ4n) is 2.41. The number of aromatic nitrogens is 2. The zero-order chi connectivity index (χ0) is 13.4. The Morgan fingerprint density at radius 3 is 2.55 bits per heavy atom. The minimum atomic E-state index is 0.779. The molecule has 0 atom stereocenters. The van der Waals surface area contributed by atoms with E-state index in [-0.39, 0.29) is 0 Å². The van der Waals surface area contributed by atoms with Gasteiger partial charge in [0.15, 0.2) is 0 Å². The van der Waals surface area contributed by atoms with Gasteiger partial charge in [0, 0.05) is 22.7 Å².